The summed E-state index contributed by atoms with van der Waals surface area (Å²) in [6.07, 6.45) is 89.6. The van der Waals surface area contributed by atoms with E-state index in [-0.39, 0.29) is 18.5 Å². The number of nitrogens with one attached hydrogen (secondary N) is 1. The molecule has 81 heavy (non-hydrogen) atoms. The lowest BCUT2D eigenvalue weighted by molar-refractivity contribution is -0.143. The molecule has 0 spiro atoms. The average Bonchev–Trinajstić information content (AvgIpc) is 3.47. The van der Waals surface area contributed by atoms with Crippen LogP contribution in [0.3, 0.4) is 0 Å². The fourth-order valence-corrected chi connectivity index (χ4v) is 11.8. The normalized spacial score (nSPS) is 12.6. The minimum absolute atomic E-state index is 0.00653. The second-order valence-corrected chi connectivity index (χ2v) is 25.6. The van der Waals surface area contributed by atoms with E-state index in [1.807, 2.05) is 0 Å². The van der Waals surface area contributed by atoms with Crippen LogP contribution in [-0.2, 0) is 14.3 Å². The molecule has 480 valence electrons. The van der Waals surface area contributed by atoms with Gasteiger partial charge in [-0.1, -0.05) is 353 Å². The predicted octanol–water partition coefficient (Wildman–Crippen LogP) is 24.1. The van der Waals surface area contributed by atoms with Gasteiger partial charge in [-0.05, 0) is 77.0 Å². The van der Waals surface area contributed by atoms with Gasteiger partial charge in [0.2, 0.25) is 5.91 Å². The number of unbranched alkanes of at least 4 members (excludes halogenated alkanes) is 55. The Labute approximate surface area is 507 Å². The van der Waals surface area contributed by atoms with Crippen LogP contribution in [0.1, 0.15) is 418 Å². The zero-order valence-corrected chi connectivity index (χ0v) is 55.0. The first kappa shape index (κ1) is 79.3. The molecule has 3 N–H and O–H groups in total. The largest absolute Gasteiger partial charge is 0.466 e. The summed E-state index contributed by atoms with van der Waals surface area (Å²) in [7, 11) is 0. The molecule has 0 bridgehead atoms. The van der Waals surface area contributed by atoms with Crippen LogP contribution >= 0.6 is 0 Å². The van der Waals surface area contributed by atoms with Gasteiger partial charge in [-0.2, -0.15) is 0 Å². The Hall–Kier alpha value is -1.66. The summed E-state index contributed by atoms with van der Waals surface area (Å²) in [5, 5.41) is 23.5. The molecule has 0 rings (SSSR count). The molecule has 0 saturated carbocycles. The Balaban J connectivity index is 3.38. The summed E-state index contributed by atoms with van der Waals surface area (Å²) in [4.78, 5) is 24.6. The third-order valence-electron chi connectivity index (χ3n) is 17.5. The maximum absolute atomic E-state index is 12.6. The second kappa shape index (κ2) is 70.8. The van der Waals surface area contributed by atoms with Crippen molar-refractivity contribution < 1.29 is 24.5 Å². The van der Waals surface area contributed by atoms with Gasteiger partial charge in [-0.25, -0.2) is 0 Å². The first-order valence-corrected chi connectivity index (χ1v) is 37.1. The van der Waals surface area contributed by atoms with E-state index >= 15 is 0 Å². The SMILES string of the molecule is CCCCC/C=C\CCCCCCCC(=O)OCCCCCCCCCCCCCC/C=C\CCCCCCCCCCCCCCC(=O)NC(CO)C(O)CCCCCCCCCCCCCCCCCCCCCCCCCC. The maximum atomic E-state index is 12.6. The molecule has 0 aromatic heterocycles. The second-order valence-electron chi connectivity index (χ2n) is 25.6. The van der Waals surface area contributed by atoms with E-state index in [0.29, 0.717) is 25.9 Å². The molecule has 1 amide bonds. The summed E-state index contributed by atoms with van der Waals surface area (Å²) in [5.74, 6) is -0.0232. The summed E-state index contributed by atoms with van der Waals surface area (Å²) >= 11 is 0. The fourth-order valence-electron chi connectivity index (χ4n) is 11.8. The number of aliphatic hydroxyl groups excluding tert-OH is 2. The lowest BCUT2D eigenvalue weighted by Gasteiger charge is -2.22. The van der Waals surface area contributed by atoms with E-state index in [0.717, 1.165) is 44.9 Å². The highest BCUT2D eigenvalue weighted by Crippen LogP contribution is 2.19. The fraction of sp³-hybridized carbons (Fsp3) is 0.920. The average molecular weight is 1140 g/mol. The standard InChI is InChI=1S/C75H145NO5/c1-3-5-7-9-11-13-15-17-18-19-20-21-22-29-32-35-38-41-44-47-51-55-59-63-67-73(78)72(71-77)76-74(79)68-64-60-56-52-48-45-42-39-36-33-30-27-25-23-24-26-28-31-34-37-40-43-46-50-54-58-62-66-70-81-75(80)69-65-61-57-53-49-16-14-12-10-8-6-4-2/h12,14,23-24,72-73,77-78H,3-11,13,15-22,25-71H2,1-2H3,(H,76,79)/b14-12-,24-23-. The van der Waals surface area contributed by atoms with Crippen LogP contribution in [-0.4, -0.2) is 47.4 Å². The van der Waals surface area contributed by atoms with Crippen molar-refractivity contribution in [2.45, 2.75) is 431 Å². The highest BCUT2D eigenvalue weighted by molar-refractivity contribution is 5.76. The van der Waals surface area contributed by atoms with Gasteiger partial charge in [-0.3, -0.25) is 9.59 Å². The third kappa shape index (κ3) is 67.3. The maximum Gasteiger partial charge on any atom is 0.305 e. The Morgan fingerprint density at radius 1 is 0.333 bits per heavy atom. The van der Waals surface area contributed by atoms with Crippen molar-refractivity contribution in [3.05, 3.63) is 24.3 Å². The number of carbonyl (C=O) groups is 2. The molecular formula is C75H145NO5. The quantitative estimate of drug-likeness (QED) is 0.0320. The zero-order valence-electron chi connectivity index (χ0n) is 55.0. The molecule has 0 aliphatic rings. The van der Waals surface area contributed by atoms with Crippen molar-refractivity contribution in [2.75, 3.05) is 13.2 Å². The number of allylic oxidation sites excluding steroid dienone is 4. The number of ether oxygens (including phenoxy) is 1. The molecule has 0 aliphatic carbocycles. The van der Waals surface area contributed by atoms with Gasteiger partial charge >= 0.3 is 5.97 Å². The Bertz CT molecular complexity index is 1270. The van der Waals surface area contributed by atoms with Crippen molar-refractivity contribution in [2.24, 2.45) is 0 Å². The minimum atomic E-state index is -0.666. The Kier molecular flexibility index (Phi) is 69.4. The first-order valence-electron chi connectivity index (χ1n) is 37.1. The number of carbonyl (C=O) groups excluding carboxylic acids is 2. The summed E-state index contributed by atoms with van der Waals surface area (Å²) in [5.41, 5.74) is 0. The van der Waals surface area contributed by atoms with Crippen LogP contribution in [0, 0.1) is 0 Å². The number of rotatable bonds is 70. The summed E-state index contributed by atoms with van der Waals surface area (Å²) in [6.45, 7) is 4.97. The Morgan fingerprint density at radius 2 is 0.580 bits per heavy atom. The number of esters is 1. The van der Waals surface area contributed by atoms with Gasteiger partial charge in [0.15, 0.2) is 0 Å². The zero-order chi connectivity index (χ0) is 58.5. The molecule has 2 unspecified atom stereocenters. The summed E-state index contributed by atoms with van der Waals surface area (Å²) in [6, 6.07) is -0.543. The van der Waals surface area contributed by atoms with Crippen molar-refractivity contribution in [1.29, 1.82) is 0 Å². The lowest BCUT2D eigenvalue weighted by Crippen LogP contribution is -2.45. The molecule has 0 radical (unpaired) electrons. The molecular weight excluding hydrogens is 995 g/mol. The smallest absolute Gasteiger partial charge is 0.305 e. The van der Waals surface area contributed by atoms with Crippen molar-refractivity contribution in [1.82, 2.24) is 5.32 Å². The molecule has 6 nitrogen and oxygen atoms in total. The molecule has 2 atom stereocenters. The van der Waals surface area contributed by atoms with Crippen LogP contribution in [0.5, 0.6) is 0 Å². The van der Waals surface area contributed by atoms with Crippen molar-refractivity contribution >= 4 is 11.9 Å². The van der Waals surface area contributed by atoms with E-state index in [2.05, 4.69) is 43.5 Å². The summed E-state index contributed by atoms with van der Waals surface area (Å²) < 4.78 is 5.47. The lowest BCUT2D eigenvalue weighted by atomic mass is 10.0. The monoisotopic (exact) mass is 1140 g/mol. The molecule has 0 aliphatic heterocycles. The predicted molar refractivity (Wildman–Crippen MR) is 356 cm³/mol. The highest BCUT2D eigenvalue weighted by Gasteiger charge is 2.20. The van der Waals surface area contributed by atoms with Gasteiger partial charge in [0.05, 0.1) is 25.4 Å². The number of hydrogen-bond donors (Lipinski definition) is 3. The van der Waals surface area contributed by atoms with E-state index in [1.165, 1.54) is 340 Å². The number of hydrogen-bond acceptors (Lipinski definition) is 5. The minimum Gasteiger partial charge on any atom is -0.466 e. The molecule has 0 aromatic rings. The van der Waals surface area contributed by atoms with Gasteiger partial charge in [0.1, 0.15) is 0 Å². The van der Waals surface area contributed by atoms with Gasteiger partial charge < -0.3 is 20.3 Å². The van der Waals surface area contributed by atoms with Crippen molar-refractivity contribution in [3.8, 4) is 0 Å². The van der Waals surface area contributed by atoms with Crippen molar-refractivity contribution in [3.63, 3.8) is 0 Å². The van der Waals surface area contributed by atoms with Gasteiger partial charge in [-0.15, -0.1) is 0 Å². The molecule has 0 aromatic carbocycles. The van der Waals surface area contributed by atoms with Crippen LogP contribution in [0.4, 0.5) is 0 Å². The molecule has 6 heteroatoms. The Morgan fingerprint density at radius 3 is 0.901 bits per heavy atom. The highest BCUT2D eigenvalue weighted by atomic mass is 16.5. The van der Waals surface area contributed by atoms with Crippen LogP contribution < -0.4 is 5.32 Å². The van der Waals surface area contributed by atoms with E-state index in [9.17, 15) is 19.8 Å². The van der Waals surface area contributed by atoms with Crippen LogP contribution in [0.25, 0.3) is 0 Å². The van der Waals surface area contributed by atoms with Crippen LogP contribution in [0.2, 0.25) is 0 Å². The molecule has 0 saturated heterocycles. The van der Waals surface area contributed by atoms with E-state index in [4.69, 9.17) is 4.74 Å². The van der Waals surface area contributed by atoms with E-state index in [1.54, 1.807) is 0 Å². The van der Waals surface area contributed by atoms with Gasteiger partial charge in [0.25, 0.3) is 0 Å². The van der Waals surface area contributed by atoms with Gasteiger partial charge in [0, 0.05) is 12.8 Å². The van der Waals surface area contributed by atoms with Crippen LogP contribution in [0.15, 0.2) is 24.3 Å². The number of amides is 1. The van der Waals surface area contributed by atoms with E-state index < -0.39 is 12.1 Å². The number of aliphatic hydroxyl groups is 2. The molecule has 0 fully saturated rings. The first-order chi connectivity index (χ1) is 40.0. The topological polar surface area (TPSA) is 95.9 Å². The third-order valence-corrected chi connectivity index (χ3v) is 17.5. The molecule has 0 heterocycles.